The number of thioether (sulfide) groups is 1. The molecule has 0 heterocycles. The highest BCUT2D eigenvalue weighted by Crippen LogP contribution is 2.16. The van der Waals surface area contributed by atoms with E-state index in [1.54, 1.807) is 43.0 Å². The Bertz CT molecular complexity index is 354. The monoisotopic (exact) mass is 254 g/mol. The fourth-order valence-corrected chi connectivity index (χ4v) is 2.04. The van der Waals surface area contributed by atoms with Crippen molar-refractivity contribution in [2.24, 2.45) is 0 Å². The third-order valence-electron chi connectivity index (χ3n) is 2.31. The number of hydrogen-bond donors (Lipinski definition) is 1. The van der Waals surface area contributed by atoms with Gasteiger partial charge in [0, 0.05) is 31.3 Å². The van der Waals surface area contributed by atoms with Crippen LogP contribution in [0.15, 0.2) is 24.3 Å². The minimum Gasteiger partial charge on any atom is -0.399 e. The molecule has 1 amide bonds. The van der Waals surface area contributed by atoms with Crippen LogP contribution in [0.4, 0.5) is 11.4 Å². The first-order chi connectivity index (χ1) is 8.15. The number of methoxy groups -OCH3 is 1. The third kappa shape index (κ3) is 4.66. The highest BCUT2D eigenvalue weighted by Gasteiger charge is 2.10. The molecule has 0 aliphatic rings. The van der Waals surface area contributed by atoms with Crippen molar-refractivity contribution in [2.45, 2.75) is 0 Å². The number of ether oxygens (including phenoxy) is 1. The van der Waals surface area contributed by atoms with E-state index in [1.165, 1.54) is 0 Å². The van der Waals surface area contributed by atoms with Crippen LogP contribution in [0.25, 0.3) is 0 Å². The molecule has 0 aliphatic heterocycles. The summed E-state index contributed by atoms with van der Waals surface area (Å²) in [5.74, 6) is 1.37. The standard InChI is InChI=1S/C12H18N2O2S/c1-14(11-5-3-10(13)4-6-11)12(15)9-17-8-7-16-2/h3-6H,7-9,13H2,1-2H3. The average Bonchev–Trinajstić information content (AvgIpc) is 2.34. The number of rotatable bonds is 6. The van der Waals surface area contributed by atoms with Crippen LogP contribution in [0.2, 0.25) is 0 Å². The topological polar surface area (TPSA) is 55.6 Å². The Kier molecular flexibility index (Phi) is 5.86. The number of carbonyl (C=O) groups excluding carboxylic acids is 1. The van der Waals surface area contributed by atoms with Gasteiger partial charge in [-0.1, -0.05) is 0 Å². The lowest BCUT2D eigenvalue weighted by Crippen LogP contribution is -2.28. The highest BCUT2D eigenvalue weighted by molar-refractivity contribution is 7.99. The first-order valence-corrected chi connectivity index (χ1v) is 6.49. The Hall–Kier alpha value is -1.20. The van der Waals surface area contributed by atoms with E-state index in [0.29, 0.717) is 18.0 Å². The van der Waals surface area contributed by atoms with Gasteiger partial charge in [-0.2, -0.15) is 0 Å². The van der Waals surface area contributed by atoms with E-state index in [2.05, 4.69) is 0 Å². The molecule has 0 saturated heterocycles. The fraction of sp³-hybridized carbons (Fsp3) is 0.417. The van der Waals surface area contributed by atoms with Crippen LogP contribution in [-0.4, -0.2) is 38.2 Å². The SMILES string of the molecule is COCCSCC(=O)N(C)c1ccc(N)cc1. The largest absolute Gasteiger partial charge is 0.399 e. The molecular formula is C12H18N2O2S. The fourth-order valence-electron chi connectivity index (χ4n) is 1.24. The van der Waals surface area contributed by atoms with Crippen LogP contribution in [0, 0.1) is 0 Å². The van der Waals surface area contributed by atoms with Crippen LogP contribution in [0.1, 0.15) is 0 Å². The minimum absolute atomic E-state index is 0.0795. The number of benzene rings is 1. The van der Waals surface area contributed by atoms with Crippen LogP contribution in [0.3, 0.4) is 0 Å². The summed E-state index contributed by atoms with van der Waals surface area (Å²) < 4.78 is 4.92. The second-order valence-electron chi connectivity index (χ2n) is 3.59. The van der Waals surface area contributed by atoms with Gasteiger partial charge in [0.05, 0.1) is 12.4 Å². The van der Waals surface area contributed by atoms with Crippen LogP contribution in [0.5, 0.6) is 0 Å². The lowest BCUT2D eigenvalue weighted by atomic mass is 10.2. The molecule has 5 heteroatoms. The number of hydrogen-bond acceptors (Lipinski definition) is 4. The predicted molar refractivity (Wildman–Crippen MR) is 73.5 cm³/mol. The summed E-state index contributed by atoms with van der Waals surface area (Å²) in [6.45, 7) is 0.670. The Morgan fingerprint density at radius 3 is 2.65 bits per heavy atom. The molecule has 0 bridgehead atoms. The molecular weight excluding hydrogens is 236 g/mol. The molecule has 0 radical (unpaired) electrons. The van der Waals surface area contributed by atoms with Gasteiger partial charge in [-0.25, -0.2) is 0 Å². The van der Waals surface area contributed by atoms with Gasteiger partial charge in [0.15, 0.2) is 0 Å². The van der Waals surface area contributed by atoms with Crippen molar-refractivity contribution in [1.29, 1.82) is 0 Å². The maximum Gasteiger partial charge on any atom is 0.236 e. The zero-order chi connectivity index (χ0) is 12.7. The maximum absolute atomic E-state index is 11.8. The second kappa shape index (κ2) is 7.19. The van der Waals surface area contributed by atoms with Crippen molar-refractivity contribution in [3.8, 4) is 0 Å². The van der Waals surface area contributed by atoms with Gasteiger partial charge in [-0.3, -0.25) is 4.79 Å². The van der Waals surface area contributed by atoms with E-state index in [4.69, 9.17) is 10.5 Å². The quantitative estimate of drug-likeness (QED) is 0.619. The molecule has 0 saturated carbocycles. The first kappa shape index (κ1) is 13.9. The van der Waals surface area contributed by atoms with Crippen molar-refractivity contribution in [1.82, 2.24) is 0 Å². The molecule has 4 nitrogen and oxygen atoms in total. The zero-order valence-electron chi connectivity index (χ0n) is 10.2. The Morgan fingerprint density at radius 1 is 1.41 bits per heavy atom. The normalized spacial score (nSPS) is 10.2. The number of nitrogens with zero attached hydrogens (tertiary/aromatic N) is 1. The van der Waals surface area contributed by atoms with Gasteiger partial charge in [0.2, 0.25) is 5.91 Å². The van der Waals surface area contributed by atoms with Crippen molar-refractivity contribution in [3.05, 3.63) is 24.3 Å². The molecule has 0 aromatic heterocycles. The second-order valence-corrected chi connectivity index (χ2v) is 4.69. The minimum atomic E-state index is 0.0795. The number of anilines is 2. The predicted octanol–water partition coefficient (Wildman–Crippen LogP) is 1.61. The number of nitrogens with two attached hydrogens (primary N) is 1. The smallest absolute Gasteiger partial charge is 0.236 e. The average molecular weight is 254 g/mol. The number of carbonyl (C=O) groups is 1. The zero-order valence-corrected chi connectivity index (χ0v) is 11.0. The van der Waals surface area contributed by atoms with Crippen LogP contribution >= 0.6 is 11.8 Å². The third-order valence-corrected chi connectivity index (χ3v) is 3.22. The Balaban J connectivity index is 2.43. The van der Waals surface area contributed by atoms with E-state index in [-0.39, 0.29) is 5.91 Å². The highest BCUT2D eigenvalue weighted by atomic mass is 32.2. The Labute approximate surface area is 106 Å². The number of amides is 1. The number of nitrogen functional groups attached to an aromatic ring is 1. The van der Waals surface area contributed by atoms with E-state index < -0.39 is 0 Å². The molecule has 17 heavy (non-hydrogen) atoms. The summed E-state index contributed by atoms with van der Waals surface area (Å²) in [4.78, 5) is 13.5. The van der Waals surface area contributed by atoms with Gasteiger partial charge in [-0.05, 0) is 24.3 Å². The molecule has 0 fully saturated rings. The molecule has 1 rings (SSSR count). The van der Waals surface area contributed by atoms with Crippen molar-refractivity contribution >= 4 is 29.0 Å². The summed E-state index contributed by atoms with van der Waals surface area (Å²) in [6, 6.07) is 7.26. The first-order valence-electron chi connectivity index (χ1n) is 5.34. The van der Waals surface area contributed by atoms with Crippen LogP contribution < -0.4 is 10.6 Å². The molecule has 0 aliphatic carbocycles. The van der Waals surface area contributed by atoms with E-state index in [0.717, 1.165) is 11.4 Å². The molecule has 94 valence electrons. The van der Waals surface area contributed by atoms with Gasteiger partial charge in [0.1, 0.15) is 0 Å². The lowest BCUT2D eigenvalue weighted by Gasteiger charge is -2.17. The summed E-state index contributed by atoms with van der Waals surface area (Å²) >= 11 is 1.57. The van der Waals surface area contributed by atoms with E-state index in [9.17, 15) is 4.79 Å². The summed E-state index contributed by atoms with van der Waals surface area (Å²) in [5, 5.41) is 0. The van der Waals surface area contributed by atoms with Crippen molar-refractivity contribution in [3.63, 3.8) is 0 Å². The molecule has 1 aromatic rings. The van der Waals surface area contributed by atoms with E-state index >= 15 is 0 Å². The van der Waals surface area contributed by atoms with Gasteiger partial charge in [0.25, 0.3) is 0 Å². The van der Waals surface area contributed by atoms with Crippen LogP contribution in [-0.2, 0) is 9.53 Å². The molecule has 0 spiro atoms. The maximum atomic E-state index is 11.8. The molecule has 1 aromatic carbocycles. The summed E-state index contributed by atoms with van der Waals surface area (Å²) in [7, 11) is 3.42. The van der Waals surface area contributed by atoms with E-state index in [1.807, 2.05) is 12.1 Å². The molecule has 0 atom stereocenters. The van der Waals surface area contributed by atoms with Gasteiger partial charge < -0.3 is 15.4 Å². The molecule has 2 N–H and O–H groups in total. The van der Waals surface area contributed by atoms with Gasteiger partial charge in [-0.15, -0.1) is 11.8 Å². The molecule has 0 unspecified atom stereocenters. The van der Waals surface area contributed by atoms with Crippen molar-refractivity contribution in [2.75, 3.05) is 42.9 Å². The van der Waals surface area contributed by atoms with Crippen molar-refractivity contribution < 1.29 is 9.53 Å². The Morgan fingerprint density at radius 2 is 2.06 bits per heavy atom. The van der Waals surface area contributed by atoms with Gasteiger partial charge >= 0.3 is 0 Å². The summed E-state index contributed by atoms with van der Waals surface area (Å²) in [5.41, 5.74) is 7.15. The summed E-state index contributed by atoms with van der Waals surface area (Å²) in [6.07, 6.45) is 0. The lowest BCUT2D eigenvalue weighted by molar-refractivity contribution is -0.115.